The molecule has 2 N–H and O–H groups in total. The fourth-order valence-electron chi connectivity index (χ4n) is 0.795. The number of carboxylic acid groups (broad SMARTS) is 1. The van der Waals surface area contributed by atoms with Crippen molar-refractivity contribution in [3.05, 3.63) is 30.1 Å². The molecule has 0 aromatic carbocycles. The maximum absolute atomic E-state index is 10.5. The third-order valence-corrected chi connectivity index (χ3v) is 1.58. The molecular weight excluding hydrogens is 180 g/mol. The Morgan fingerprint density at radius 2 is 1.86 bits per heavy atom. The number of aliphatic carboxylic acids is 1. The van der Waals surface area contributed by atoms with Crippen LogP contribution in [-0.4, -0.2) is 30.2 Å². The number of hydrogen-bond acceptors (Lipinski definition) is 3. The smallest absolute Gasteiger partial charge is 0.310 e. The Kier molecular flexibility index (Phi) is 6.32. The quantitative estimate of drug-likeness (QED) is 0.743. The topological polar surface area (TPSA) is 62.2 Å². The zero-order chi connectivity index (χ0) is 11.0. The summed E-state index contributed by atoms with van der Waals surface area (Å²) < 4.78 is 0. The van der Waals surface area contributed by atoms with E-state index in [9.17, 15) is 4.79 Å². The third-order valence-electron chi connectivity index (χ3n) is 1.58. The van der Waals surface area contributed by atoms with Crippen molar-refractivity contribution in [3.8, 4) is 0 Å². The number of hydrogen-bond donors (Lipinski definition) is 2. The Labute approximate surface area is 84.0 Å². The molecule has 1 heterocycles. The molecule has 14 heavy (non-hydrogen) atoms. The zero-order valence-electron chi connectivity index (χ0n) is 8.69. The van der Waals surface area contributed by atoms with Crippen molar-refractivity contribution in [1.29, 1.82) is 0 Å². The zero-order valence-corrected chi connectivity index (χ0v) is 8.69. The summed E-state index contributed by atoms with van der Waals surface area (Å²) in [5, 5.41) is 11.4. The van der Waals surface area contributed by atoms with Gasteiger partial charge in [-0.05, 0) is 38.7 Å². The Balaban J connectivity index is 0.000000500. The van der Waals surface area contributed by atoms with E-state index in [2.05, 4.69) is 10.3 Å². The number of pyridine rings is 1. The van der Waals surface area contributed by atoms with Crippen LogP contribution in [-0.2, 0) is 4.79 Å². The van der Waals surface area contributed by atoms with Gasteiger partial charge < -0.3 is 10.4 Å². The standard InChI is InChI=1S/C8H9NO2.C2H7N/c1-6(8(10)11)7-2-4-9-5-3-7;1-3-2/h2-6H,1H3,(H,10,11);3H,1-2H3. The van der Waals surface area contributed by atoms with Crippen LogP contribution in [0.4, 0.5) is 0 Å². The number of carbonyl (C=O) groups is 1. The lowest BCUT2D eigenvalue weighted by atomic mass is 10.0. The van der Waals surface area contributed by atoms with Crippen molar-refractivity contribution in [2.24, 2.45) is 0 Å². The SMILES string of the molecule is CC(C(=O)O)c1ccncc1.CNC. The van der Waals surface area contributed by atoms with Crippen LogP contribution in [0.5, 0.6) is 0 Å². The van der Waals surface area contributed by atoms with Crippen LogP contribution in [0.3, 0.4) is 0 Å². The van der Waals surface area contributed by atoms with Crippen LogP contribution in [0.1, 0.15) is 18.4 Å². The molecule has 0 aliphatic rings. The predicted molar refractivity (Wildman–Crippen MR) is 55.3 cm³/mol. The lowest BCUT2D eigenvalue weighted by Gasteiger charge is -2.03. The van der Waals surface area contributed by atoms with Gasteiger partial charge in [-0.3, -0.25) is 9.78 Å². The van der Waals surface area contributed by atoms with Crippen LogP contribution in [0.25, 0.3) is 0 Å². The Morgan fingerprint density at radius 3 is 2.21 bits per heavy atom. The van der Waals surface area contributed by atoms with Crippen molar-refractivity contribution in [1.82, 2.24) is 10.3 Å². The number of aromatic nitrogens is 1. The molecule has 0 spiro atoms. The van der Waals surface area contributed by atoms with E-state index in [-0.39, 0.29) is 0 Å². The molecule has 0 amide bonds. The average Bonchev–Trinajstić information content (AvgIpc) is 2.19. The first-order chi connectivity index (χ1) is 6.63. The molecule has 78 valence electrons. The lowest BCUT2D eigenvalue weighted by Crippen LogP contribution is -2.06. The number of nitrogens with one attached hydrogen (secondary N) is 1. The summed E-state index contributed by atoms with van der Waals surface area (Å²) in [5.41, 5.74) is 0.785. The van der Waals surface area contributed by atoms with Gasteiger partial charge in [0.1, 0.15) is 0 Å². The third kappa shape index (κ3) is 4.57. The van der Waals surface area contributed by atoms with Crippen molar-refractivity contribution in [3.63, 3.8) is 0 Å². The highest BCUT2D eigenvalue weighted by atomic mass is 16.4. The van der Waals surface area contributed by atoms with Crippen LogP contribution >= 0.6 is 0 Å². The largest absolute Gasteiger partial charge is 0.481 e. The van der Waals surface area contributed by atoms with E-state index in [1.165, 1.54) is 0 Å². The van der Waals surface area contributed by atoms with Crippen molar-refractivity contribution >= 4 is 5.97 Å². The Hall–Kier alpha value is -1.42. The average molecular weight is 196 g/mol. The summed E-state index contributed by atoms with van der Waals surface area (Å²) >= 11 is 0. The van der Waals surface area contributed by atoms with E-state index in [0.29, 0.717) is 0 Å². The summed E-state index contributed by atoms with van der Waals surface area (Å²) in [6.45, 7) is 1.65. The summed E-state index contributed by atoms with van der Waals surface area (Å²) in [4.78, 5) is 14.3. The van der Waals surface area contributed by atoms with Gasteiger partial charge >= 0.3 is 5.97 Å². The molecule has 0 saturated heterocycles. The molecular formula is C10H16N2O2. The number of carboxylic acids is 1. The molecule has 4 heteroatoms. The molecule has 1 atom stereocenters. The van der Waals surface area contributed by atoms with E-state index in [1.807, 2.05) is 14.1 Å². The Morgan fingerprint density at radius 1 is 1.43 bits per heavy atom. The predicted octanol–water partition coefficient (Wildman–Crippen LogP) is 1.11. The molecule has 1 unspecified atom stereocenters. The minimum atomic E-state index is -0.809. The van der Waals surface area contributed by atoms with Gasteiger partial charge in [-0.15, -0.1) is 0 Å². The second-order valence-corrected chi connectivity index (χ2v) is 2.84. The van der Waals surface area contributed by atoms with E-state index in [1.54, 1.807) is 31.5 Å². The second kappa shape index (κ2) is 7.03. The van der Waals surface area contributed by atoms with Crippen LogP contribution < -0.4 is 5.32 Å². The van der Waals surface area contributed by atoms with Crippen molar-refractivity contribution in [2.75, 3.05) is 14.1 Å². The van der Waals surface area contributed by atoms with Gasteiger partial charge in [-0.25, -0.2) is 0 Å². The first-order valence-corrected chi connectivity index (χ1v) is 4.34. The summed E-state index contributed by atoms with van der Waals surface area (Å²) in [6.07, 6.45) is 3.18. The van der Waals surface area contributed by atoms with Gasteiger partial charge in [0.15, 0.2) is 0 Å². The molecule has 0 aliphatic heterocycles. The summed E-state index contributed by atoms with van der Waals surface area (Å²) in [7, 11) is 3.75. The molecule has 4 nitrogen and oxygen atoms in total. The fraction of sp³-hybridized carbons (Fsp3) is 0.400. The normalized spacial score (nSPS) is 11.1. The second-order valence-electron chi connectivity index (χ2n) is 2.84. The van der Waals surface area contributed by atoms with E-state index < -0.39 is 11.9 Å². The summed E-state index contributed by atoms with van der Waals surface area (Å²) in [6, 6.07) is 3.41. The van der Waals surface area contributed by atoms with Gasteiger partial charge in [-0.2, -0.15) is 0 Å². The highest BCUT2D eigenvalue weighted by Crippen LogP contribution is 2.12. The molecule has 1 aromatic heterocycles. The van der Waals surface area contributed by atoms with Crippen molar-refractivity contribution in [2.45, 2.75) is 12.8 Å². The highest BCUT2D eigenvalue weighted by molar-refractivity contribution is 5.75. The summed E-state index contributed by atoms with van der Waals surface area (Å²) in [5.74, 6) is -1.26. The van der Waals surface area contributed by atoms with Gasteiger partial charge in [-0.1, -0.05) is 0 Å². The van der Waals surface area contributed by atoms with E-state index in [4.69, 9.17) is 5.11 Å². The maximum Gasteiger partial charge on any atom is 0.310 e. The van der Waals surface area contributed by atoms with E-state index in [0.717, 1.165) is 5.56 Å². The van der Waals surface area contributed by atoms with Crippen LogP contribution in [0, 0.1) is 0 Å². The molecule has 0 aliphatic carbocycles. The molecule has 0 fully saturated rings. The molecule has 1 aromatic rings. The van der Waals surface area contributed by atoms with Crippen molar-refractivity contribution < 1.29 is 9.90 Å². The fourth-order valence-corrected chi connectivity index (χ4v) is 0.795. The van der Waals surface area contributed by atoms with Crippen LogP contribution in [0.2, 0.25) is 0 Å². The monoisotopic (exact) mass is 196 g/mol. The van der Waals surface area contributed by atoms with Crippen LogP contribution in [0.15, 0.2) is 24.5 Å². The molecule has 1 rings (SSSR count). The van der Waals surface area contributed by atoms with Gasteiger partial charge in [0, 0.05) is 12.4 Å². The number of rotatable bonds is 2. The van der Waals surface area contributed by atoms with Gasteiger partial charge in [0.2, 0.25) is 0 Å². The first-order valence-electron chi connectivity index (χ1n) is 4.34. The number of nitrogens with zero attached hydrogens (tertiary/aromatic N) is 1. The lowest BCUT2D eigenvalue weighted by molar-refractivity contribution is -0.138. The first kappa shape index (κ1) is 12.6. The molecule has 0 saturated carbocycles. The maximum atomic E-state index is 10.5. The van der Waals surface area contributed by atoms with Gasteiger partial charge in [0.05, 0.1) is 5.92 Å². The minimum absolute atomic E-state index is 0.446. The Bertz CT molecular complexity index is 262. The molecule has 0 radical (unpaired) electrons. The molecule has 0 bridgehead atoms. The minimum Gasteiger partial charge on any atom is -0.481 e. The van der Waals surface area contributed by atoms with Gasteiger partial charge in [0.25, 0.3) is 0 Å². The highest BCUT2D eigenvalue weighted by Gasteiger charge is 2.11. The van der Waals surface area contributed by atoms with E-state index >= 15 is 0 Å².